The molecule has 3 rings (SSSR count). The van der Waals surface area contributed by atoms with E-state index in [1.807, 2.05) is 32.1 Å². The van der Waals surface area contributed by atoms with E-state index in [1.54, 1.807) is 21.9 Å². The van der Waals surface area contributed by atoms with Gasteiger partial charge >= 0.3 is 6.18 Å². The summed E-state index contributed by atoms with van der Waals surface area (Å²) < 4.78 is 52.7. The third kappa shape index (κ3) is 6.18. The monoisotopic (exact) mass is 505 g/mol. The highest BCUT2D eigenvalue weighted by molar-refractivity contribution is 6.42. The van der Waals surface area contributed by atoms with Gasteiger partial charge in [0, 0.05) is 31.6 Å². The van der Waals surface area contributed by atoms with Crippen LogP contribution in [0.15, 0.2) is 36.4 Å². The summed E-state index contributed by atoms with van der Waals surface area (Å²) >= 11 is 12.3. The molecule has 1 aliphatic heterocycles. The number of alkyl halides is 3. The van der Waals surface area contributed by atoms with E-state index in [2.05, 4.69) is 0 Å². The lowest BCUT2D eigenvalue weighted by atomic mass is 9.93. The molecular formula is C23H25Cl2F4N3O. The molecule has 0 bridgehead atoms. The predicted molar refractivity (Wildman–Crippen MR) is 121 cm³/mol. The number of nitrogens with zero attached hydrogens (tertiary/aromatic N) is 3. The van der Waals surface area contributed by atoms with Crippen molar-refractivity contribution in [1.29, 1.82) is 0 Å². The molecular weight excluding hydrogens is 481 g/mol. The summed E-state index contributed by atoms with van der Waals surface area (Å²) in [7, 11) is 5.44. The molecule has 2 atom stereocenters. The smallest absolute Gasteiger partial charge is 0.339 e. The third-order valence-electron chi connectivity index (χ3n) is 5.80. The zero-order valence-corrected chi connectivity index (χ0v) is 20.0. The second kappa shape index (κ2) is 10.2. The van der Waals surface area contributed by atoms with Crippen LogP contribution in [0.5, 0.6) is 0 Å². The molecule has 1 aliphatic rings. The van der Waals surface area contributed by atoms with Gasteiger partial charge in [-0.25, -0.2) is 4.39 Å². The minimum Gasteiger partial charge on any atom is -0.339 e. The first-order chi connectivity index (χ1) is 15.4. The van der Waals surface area contributed by atoms with Gasteiger partial charge in [0.15, 0.2) is 0 Å². The Morgan fingerprint density at radius 2 is 1.76 bits per heavy atom. The zero-order valence-electron chi connectivity index (χ0n) is 18.5. The minimum absolute atomic E-state index is 0.0264. The normalized spacial score (nSPS) is 19.1. The quantitative estimate of drug-likeness (QED) is 0.508. The summed E-state index contributed by atoms with van der Waals surface area (Å²) in [5.74, 6) is -1.43. The van der Waals surface area contributed by atoms with E-state index in [0.717, 1.165) is 17.7 Å². The molecule has 2 aromatic rings. The van der Waals surface area contributed by atoms with Crippen molar-refractivity contribution in [3.8, 4) is 0 Å². The maximum atomic E-state index is 14.1. The Morgan fingerprint density at radius 3 is 2.33 bits per heavy atom. The topological polar surface area (TPSA) is 26.8 Å². The van der Waals surface area contributed by atoms with Crippen molar-refractivity contribution in [3.05, 3.63) is 69.0 Å². The van der Waals surface area contributed by atoms with E-state index in [4.69, 9.17) is 23.2 Å². The molecule has 0 aromatic heterocycles. The summed E-state index contributed by atoms with van der Waals surface area (Å²) in [5.41, 5.74) is 0.0258. The zero-order chi connectivity index (χ0) is 24.5. The molecule has 0 aliphatic carbocycles. The number of benzene rings is 2. The van der Waals surface area contributed by atoms with Crippen LogP contribution in [0.2, 0.25) is 10.0 Å². The SMILES string of the molecule is CN(C)CC(=O)N1C[C@H](c2ccc(Cl)c(Cl)c2)[C@H](N(C)Cc2ccc(C(F)(F)F)c(F)c2)C1. The van der Waals surface area contributed by atoms with Crippen molar-refractivity contribution in [2.45, 2.75) is 24.7 Å². The van der Waals surface area contributed by atoms with Gasteiger partial charge in [0.2, 0.25) is 5.91 Å². The van der Waals surface area contributed by atoms with Crippen molar-refractivity contribution in [3.63, 3.8) is 0 Å². The number of rotatable bonds is 6. The molecule has 1 amide bonds. The Bertz CT molecular complexity index is 1020. The van der Waals surface area contributed by atoms with Gasteiger partial charge in [-0.3, -0.25) is 9.69 Å². The Kier molecular flexibility index (Phi) is 7.94. The van der Waals surface area contributed by atoms with Crippen LogP contribution >= 0.6 is 23.2 Å². The van der Waals surface area contributed by atoms with Gasteiger partial charge in [-0.15, -0.1) is 0 Å². The van der Waals surface area contributed by atoms with Crippen molar-refractivity contribution >= 4 is 29.1 Å². The van der Waals surface area contributed by atoms with Gasteiger partial charge in [-0.2, -0.15) is 13.2 Å². The van der Waals surface area contributed by atoms with Crippen molar-refractivity contribution in [2.24, 2.45) is 0 Å². The van der Waals surface area contributed by atoms with Gasteiger partial charge in [0.05, 0.1) is 22.2 Å². The fourth-order valence-corrected chi connectivity index (χ4v) is 4.48. The van der Waals surface area contributed by atoms with Crippen LogP contribution in [0.1, 0.15) is 22.6 Å². The molecule has 0 radical (unpaired) electrons. The molecule has 1 heterocycles. The van der Waals surface area contributed by atoms with Crippen LogP contribution in [-0.2, 0) is 17.5 Å². The number of halogens is 6. The Labute approximate surface area is 200 Å². The van der Waals surface area contributed by atoms with Crippen LogP contribution in [0.4, 0.5) is 17.6 Å². The Morgan fingerprint density at radius 1 is 1.06 bits per heavy atom. The van der Waals surface area contributed by atoms with Gasteiger partial charge in [-0.05, 0) is 56.5 Å². The maximum Gasteiger partial charge on any atom is 0.419 e. The second-order valence-corrected chi connectivity index (χ2v) is 9.43. The molecule has 0 unspecified atom stereocenters. The lowest BCUT2D eigenvalue weighted by Gasteiger charge is -2.29. The highest BCUT2D eigenvalue weighted by atomic mass is 35.5. The van der Waals surface area contributed by atoms with E-state index in [0.29, 0.717) is 28.7 Å². The molecule has 0 saturated carbocycles. The Hall–Kier alpha value is -1.87. The average molecular weight is 506 g/mol. The largest absolute Gasteiger partial charge is 0.419 e. The molecule has 1 saturated heterocycles. The molecule has 2 aromatic carbocycles. The molecule has 10 heteroatoms. The highest BCUT2D eigenvalue weighted by Gasteiger charge is 2.39. The van der Waals surface area contributed by atoms with E-state index >= 15 is 0 Å². The van der Waals surface area contributed by atoms with Gasteiger partial charge in [-0.1, -0.05) is 35.3 Å². The maximum absolute atomic E-state index is 14.1. The summed E-state index contributed by atoms with van der Waals surface area (Å²) in [6.07, 6.45) is -4.74. The van der Waals surface area contributed by atoms with Crippen molar-refractivity contribution < 1.29 is 22.4 Å². The number of hydrogen-bond donors (Lipinski definition) is 0. The Balaban J connectivity index is 1.85. The third-order valence-corrected chi connectivity index (χ3v) is 6.54. The van der Waals surface area contributed by atoms with Crippen molar-refractivity contribution in [2.75, 3.05) is 40.8 Å². The molecule has 0 N–H and O–H groups in total. The van der Waals surface area contributed by atoms with E-state index < -0.39 is 17.6 Å². The van der Waals surface area contributed by atoms with E-state index in [9.17, 15) is 22.4 Å². The first-order valence-electron chi connectivity index (χ1n) is 10.3. The number of carbonyl (C=O) groups is 1. The standard InChI is InChI=1S/C23H25Cl2F4N3O/c1-30(2)13-22(33)32-11-16(15-5-7-18(24)19(25)9-15)21(12-32)31(3)10-14-4-6-17(20(26)8-14)23(27,28)29/h4-9,16,21H,10-13H2,1-3H3/t16-,21-/m1/s1. The first-order valence-corrected chi connectivity index (χ1v) is 11.1. The fraction of sp³-hybridized carbons (Fsp3) is 0.435. The van der Waals surface area contributed by atoms with Crippen LogP contribution in [0, 0.1) is 5.82 Å². The molecule has 4 nitrogen and oxygen atoms in total. The number of hydrogen-bond acceptors (Lipinski definition) is 3. The molecule has 1 fully saturated rings. The van der Waals surface area contributed by atoms with Gasteiger partial charge in [0.25, 0.3) is 0 Å². The van der Waals surface area contributed by atoms with Crippen molar-refractivity contribution in [1.82, 2.24) is 14.7 Å². The minimum atomic E-state index is -4.74. The fourth-order valence-electron chi connectivity index (χ4n) is 4.17. The van der Waals surface area contributed by atoms with Crippen LogP contribution in [0.25, 0.3) is 0 Å². The van der Waals surface area contributed by atoms with Crippen LogP contribution in [0.3, 0.4) is 0 Å². The van der Waals surface area contributed by atoms with Crippen LogP contribution in [-0.4, -0.2) is 67.4 Å². The summed E-state index contributed by atoms with van der Waals surface area (Å²) in [5, 5.41) is 0.822. The predicted octanol–water partition coefficient (Wildman–Crippen LogP) is 5.14. The lowest BCUT2D eigenvalue weighted by molar-refractivity contribution is -0.140. The highest BCUT2D eigenvalue weighted by Crippen LogP contribution is 2.35. The van der Waals surface area contributed by atoms with E-state index in [-0.39, 0.29) is 31.0 Å². The summed E-state index contributed by atoms with van der Waals surface area (Å²) in [4.78, 5) is 18.2. The second-order valence-electron chi connectivity index (χ2n) is 8.61. The summed E-state index contributed by atoms with van der Waals surface area (Å²) in [6.45, 7) is 1.36. The molecule has 180 valence electrons. The molecule has 0 spiro atoms. The van der Waals surface area contributed by atoms with Crippen LogP contribution < -0.4 is 0 Å². The van der Waals surface area contributed by atoms with E-state index in [1.165, 1.54) is 6.07 Å². The molecule has 33 heavy (non-hydrogen) atoms. The lowest BCUT2D eigenvalue weighted by Crippen LogP contribution is -2.40. The summed E-state index contributed by atoms with van der Waals surface area (Å²) in [6, 6.07) is 8.13. The number of likely N-dealkylation sites (tertiary alicyclic amines) is 1. The average Bonchev–Trinajstić information content (AvgIpc) is 3.14. The first kappa shape index (κ1) is 25.7. The number of likely N-dealkylation sites (N-methyl/N-ethyl adjacent to an activating group) is 2. The number of amides is 1. The number of carbonyl (C=O) groups excluding carboxylic acids is 1. The van der Waals surface area contributed by atoms with Gasteiger partial charge in [0.1, 0.15) is 5.82 Å². The van der Waals surface area contributed by atoms with Gasteiger partial charge < -0.3 is 9.80 Å².